The van der Waals surface area contributed by atoms with Crippen LogP contribution in [0.2, 0.25) is 0 Å². The largest absolute Gasteiger partial charge is 0.462 e. The van der Waals surface area contributed by atoms with E-state index < -0.39 is 5.97 Å². The van der Waals surface area contributed by atoms with Crippen LogP contribution in [0.1, 0.15) is 41.9 Å². The van der Waals surface area contributed by atoms with Crippen molar-refractivity contribution in [2.45, 2.75) is 33.6 Å². The van der Waals surface area contributed by atoms with Gasteiger partial charge in [-0.2, -0.15) is 0 Å². The lowest BCUT2D eigenvalue weighted by atomic mass is 10.0. The molecule has 0 spiro atoms. The Kier molecular flexibility index (Phi) is 5.93. The van der Waals surface area contributed by atoms with Gasteiger partial charge < -0.3 is 10.1 Å². The van der Waals surface area contributed by atoms with Gasteiger partial charge in [0.15, 0.2) is 0 Å². The van der Waals surface area contributed by atoms with E-state index in [9.17, 15) is 9.59 Å². The molecule has 2 aromatic rings. The predicted molar refractivity (Wildman–Crippen MR) is 94.0 cm³/mol. The summed E-state index contributed by atoms with van der Waals surface area (Å²) >= 11 is 1.41. The molecule has 0 radical (unpaired) electrons. The van der Waals surface area contributed by atoms with Crippen molar-refractivity contribution in [3.8, 4) is 11.1 Å². The van der Waals surface area contributed by atoms with E-state index in [-0.39, 0.29) is 5.91 Å². The Bertz CT molecular complexity index is 692. The molecule has 0 saturated heterocycles. The van der Waals surface area contributed by atoms with Crippen LogP contribution in [0.25, 0.3) is 11.1 Å². The number of rotatable bonds is 6. The van der Waals surface area contributed by atoms with Gasteiger partial charge in [-0.15, -0.1) is 11.3 Å². The first-order valence-corrected chi connectivity index (χ1v) is 8.55. The van der Waals surface area contributed by atoms with E-state index in [0.29, 0.717) is 23.6 Å². The molecule has 0 unspecified atom stereocenters. The lowest BCUT2D eigenvalue weighted by molar-refractivity contribution is -0.116. The van der Waals surface area contributed by atoms with Gasteiger partial charge >= 0.3 is 5.97 Å². The Balaban J connectivity index is 2.51. The highest BCUT2D eigenvalue weighted by atomic mass is 32.1. The maximum absolute atomic E-state index is 12.4. The summed E-state index contributed by atoms with van der Waals surface area (Å²) in [6.45, 7) is 5.96. The van der Waals surface area contributed by atoms with Crippen molar-refractivity contribution in [1.82, 2.24) is 0 Å². The average molecular weight is 331 g/mol. The molecule has 2 rings (SSSR count). The van der Waals surface area contributed by atoms with Gasteiger partial charge in [0, 0.05) is 16.9 Å². The summed E-state index contributed by atoms with van der Waals surface area (Å²) in [4.78, 5) is 25.4. The third-order valence-corrected chi connectivity index (χ3v) is 4.38. The molecule has 1 N–H and O–H groups in total. The highest BCUT2D eigenvalue weighted by Gasteiger charge is 2.25. The zero-order valence-electron chi connectivity index (χ0n) is 13.6. The third kappa shape index (κ3) is 3.99. The maximum Gasteiger partial charge on any atom is 0.341 e. The average Bonchev–Trinajstić information content (AvgIpc) is 2.84. The molecule has 0 aliphatic rings. The number of ether oxygens (including phenoxy) is 1. The number of anilines is 1. The van der Waals surface area contributed by atoms with Gasteiger partial charge in [0.2, 0.25) is 5.91 Å². The Labute approximate surface area is 140 Å². The fourth-order valence-electron chi connectivity index (χ4n) is 2.40. The minimum Gasteiger partial charge on any atom is -0.462 e. The number of benzene rings is 1. The lowest BCUT2D eigenvalue weighted by Gasteiger charge is -2.09. The van der Waals surface area contributed by atoms with Gasteiger partial charge in [0.1, 0.15) is 10.6 Å². The van der Waals surface area contributed by atoms with Crippen LogP contribution in [0.4, 0.5) is 5.00 Å². The molecule has 122 valence electrons. The summed E-state index contributed by atoms with van der Waals surface area (Å²) in [5, 5.41) is 3.43. The Hall–Kier alpha value is -2.14. The summed E-state index contributed by atoms with van der Waals surface area (Å²) in [5.41, 5.74) is 2.23. The van der Waals surface area contributed by atoms with Gasteiger partial charge in [0.25, 0.3) is 0 Å². The summed E-state index contributed by atoms with van der Waals surface area (Å²) in [7, 11) is 0. The molecule has 0 atom stereocenters. The smallest absolute Gasteiger partial charge is 0.341 e. The van der Waals surface area contributed by atoms with Gasteiger partial charge in [-0.05, 0) is 25.8 Å². The van der Waals surface area contributed by atoms with Crippen LogP contribution in [0, 0.1) is 6.92 Å². The maximum atomic E-state index is 12.4. The summed E-state index contributed by atoms with van der Waals surface area (Å²) in [6.07, 6.45) is 1.19. The second kappa shape index (κ2) is 7.92. The highest BCUT2D eigenvalue weighted by molar-refractivity contribution is 7.17. The first-order chi connectivity index (χ1) is 11.1. The van der Waals surface area contributed by atoms with Gasteiger partial charge in [-0.1, -0.05) is 37.3 Å². The monoisotopic (exact) mass is 331 g/mol. The van der Waals surface area contributed by atoms with E-state index in [1.807, 2.05) is 44.2 Å². The number of esters is 1. The van der Waals surface area contributed by atoms with Crippen molar-refractivity contribution in [1.29, 1.82) is 0 Å². The van der Waals surface area contributed by atoms with Gasteiger partial charge in [-0.3, -0.25) is 4.79 Å². The van der Waals surface area contributed by atoms with Crippen LogP contribution >= 0.6 is 11.3 Å². The molecule has 4 nitrogen and oxygen atoms in total. The summed E-state index contributed by atoms with van der Waals surface area (Å²) in [6, 6.07) is 9.69. The normalized spacial score (nSPS) is 10.4. The van der Waals surface area contributed by atoms with Crippen LogP contribution in [0.15, 0.2) is 30.3 Å². The zero-order chi connectivity index (χ0) is 16.8. The number of aryl methyl sites for hydroxylation is 1. The van der Waals surface area contributed by atoms with Crippen molar-refractivity contribution in [2.75, 3.05) is 11.9 Å². The van der Waals surface area contributed by atoms with E-state index in [4.69, 9.17) is 4.74 Å². The standard InChI is InChI=1S/C18H21NO3S/c1-4-9-14(20)19-17-16(18(21)22-5-2)15(12(3)23-17)13-10-7-6-8-11-13/h6-8,10-11H,4-5,9H2,1-3H3,(H,19,20). The summed E-state index contributed by atoms with van der Waals surface area (Å²) < 4.78 is 5.20. The molecule has 0 bridgehead atoms. The van der Waals surface area contributed by atoms with Gasteiger partial charge in [0.05, 0.1) is 6.61 Å². The third-order valence-electron chi connectivity index (χ3n) is 3.36. The molecular formula is C18H21NO3S. The van der Waals surface area contributed by atoms with Crippen molar-refractivity contribution in [3.05, 3.63) is 40.8 Å². The molecule has 5 heteroatoms. The SMILES string of the molecule is CCCC(=O)Nc1sc(C)c(-c2ccccc2)c1C(=O)OCC. The topological polar surface area (TPSA) is 55.4 Å². The number of nitrogens with one attached hydrogen (secondary N) is 1. The number of thiophene rings is 1. The van der Waals surface area contributed by atoms with Crippen molar-refractivity contribution >= 4 is 28.2 Å². The number of carbonyl (C=O) groups is 2. The molecule has 23 heavy (non-hydrogen) atoms. The summed E-state index contributed by atoms with van der Waals surface area (Å²) in [5.74, 6) is -0.485. The number of hydrogen-bond acceptors (Lipinski definition) is 4. The molecule has 1 heterocycles. The first-order valence-electron chi connectivity index (χ1n) is 7.74. The predicted octanol–water partition coefficient (Wildman–Crippen LogP) is 4.64. The highest BCUT2D eigenvalue weighted by Crippen LogP contribution is 2.40. The molecule has 0 fully saturated rings. The fourth-order valence-corrected chi connectivity index (χ4v) is 3.48. The molecular weight excluding hydrogens is 310 g/mol. The van der Waals surface area contributed by atoms with E-state index in [0.717, 1.165) is 22.4 Å². The molecule has 0 saturated carbocycles. The quantitative estimate of drug-likeness (QED) is 0.785. The minimum absolute atomic E-state index is 0.0843. The number of hydrogen-bond donors (Lipinski definition) is 1. The second-order valence-electron chi connectivity index (χ2n) is 5.12. The van der Waals surface area contributed by atoms with E-state index in [1.165, 1.54) is 11.3 Å². The first kappa shape index (κ1) is 17.2. The zero-order valence-corrected chi connectivity index (χ0v) is 14.5. The van der Waals surface area contributed by atoms with Crippen molar-refractivity contribution in [2.24, 2.45) is 0 Å². The second-order valence-corrected chi connectivity index (χ2v) is 6.35. The van der Waals surface area contributed by atoms with Crippen LogP contribution < -0.4 is 5.32 Å². The molecule has 1 amide bonds. The minimum atomic E-state index is -0.400. The molecule has 1 aromatic carbocycles. The van der Waals surface area contributed by atoms with Crippen LogP contribution in [-0.2, 0) is 9.53 Å². The van der Waals surface area contributed by atoms with Crippen molar-refractivity contribution in [3.63, 3.8) is 0 Å². The number of amides is 1. The molecule has 0 aliphatic heterocycles. The molecule has 1 aromatic heterocycles. The fraction of sp³-hybridized carbons (Fsp3) is 0.333. The Morgan fingerprint density at radius 1 is 1.17 bits per heavy atom. The van der Waals surface area contributed by atoms with Crippen LogP contribution in [0.5, 0.6) is 0 Å². The van der Waals surface area contributed by atoms with Crippen molar-refractivity contribution < 1.29 is 14.3 Å². The van der Waals surface area contributed by atoms with Gasteiger partial charge in [-0.25, -0.2) is 4.79 Å². The van der Waals surface area contributed by atoms with Crippen LogP contribution in [0.3, 0.4) is 0 Å². The Morgan fingerprint density at radius 2 is 1.87 bits per heavy atom. The van der Waals surface area contributed by atoms with E-state index in [1.54, 1.807) is 6.92 Å². The van der Waals surface area contributed by atoms with E-state index >= 15 is 0 Å². The van der Waals surface area contributed by atoms with E-state index in [2.05, 4.69) is 5.32 Å². The Morgan fingerprint density at radius 3 is 2.48 bits per heavy atom. The molecule has 0 aliphatic carbocycles. The lowest BCUT2D eigenvalue weighted by Crippen LogP contribution is -2.14. The number of carbonyl (C=O) groups excluding carboxylic acids is 2. The van der Waals surface area contributed by atoms with Crippen LogP contribution in [-0.4, -0.2) is 18.5 Å².